The molecule has 0 bridgehead atoms. The van der Waals surface area contributed by atoms with E-state index in [1.54, 1.807) is 6.20 Å². The van der Waals surface area contributed by atoms with Gasteiger partial charge >= 0.3 is 0 Å². The van der Waals surface area contributed by atoms with Crippen LogP contribution in [0.4, 0.5) is 0 Å². The summed E-state index contributed by atoms with van der Waals surface area (Å²) in [5, 5.41) is 2.92. The van der Waals surface area contributed by atoms with E-state index in [0.29, 0.717) is 13.1 Å². The van der Waals surface area contributed by atoms with Gasteiger partial charge in [-0.25, -0.2) is 0 Å². The molecule has 4 nitrogen and oxygen atoms in total. The third-order valence-electron chi connectivity index (χ3n) is 3.15. The van der Waals surface area contributed by atoms with Crippen LogP contribution in [-0.2, 0) is 17.8 Å². The van der Waals surface area contributed by atoms with Crippen LogP contribution in [0.25, 0.3) is 0 Å². The molecule has 1 amide bonds. The van der Waals surface area contributed by atoms with E-state index in [0.717, 1.165) is 23.5 Å². The summed E-state index contributed by atoms with van der Waals surface area (Å²) in [5.41, 5.74) is 3.21. The first-order chi connectivity index (χ1) is 9.16. The van der Waals surface area contributed by atoms with Gasteiger partial charge < -0.3 is 9.88 Å². The van der Waals surface area contributed by atoms with Crippen LogP contribution in [-0.4, -0.2) is 22.0 Å². The highest BCUT2D eigenvalue weighted by Gasteiger charge is 2.06. The number of amides is 1. The molecule has 1 N–H and O–H groups in total. The maximum absolute atomic E-state index is 11.9. The van der Waals surface area contributed by atoms with E-state index >= 15 is 0 Å². The van der Waals surface area contributed by atoms with Crippen LogP contribution in [0.5, 0.6) is 0 Å². The number of rotatable bonds is 5. The Labute approximate surface area is 113 Å². The molecule has 0 spiro atoms. The first-order valence-corrected chi connectivity index (χ1v) is 6.46. The molecule has 4 heteroatoms. The van der Waals surface area contributed by atoms with Crippen molar-refractivity contribution in [3.63, 3.8) is 0 Å². The van der Waals surface area contributed by atoms with Gasteiger partial charge in [0.05, 0.1) is 0 Å². The standard InChI is InChI=1S/C15H19N3O/c1-12-6-7-13(2)18(12)11-15(19)17-10-8-14-5-3-4-9-16-14/h3-7,9H,8,10-11H2,1-2H3,(H,17,19). The number of hydrogen-bond acceptors (Lipinski definition) is 2. The lowest BCUT2D eigenvalue weighted by molar-refractivity contribution is -0.121. The summed E-state index contributed by atoms with van der Waals surface area (Å²) < 4.78 is 2.01. The summed E-state index contributed by atoms with van der Waals surface area (Å²) in [5.74, 6) is 0.0401. The van der Waals surface area contributed by atoms with Crippen LogP contribution in [0.15, 0.2) is 36.5 Å². The molecule has 2 heterocycles. The second kappa shape index (κ2) is 6.18. The summed E-state index contributed by atoms with van der Waals surface area (Å²) in [7, 11) is 0. The first kappa shape index (κ1) is 13.3. The third kappa shape index (κ3) is 3.68. The van der Waals surface area contributed by atoms with Crippen LogP contribution < -0.4 is 5.32 Å². The van der Waals surface area contributed by atoms with Crippen LogP contribution in [0.1, 0.15) is 17.1 Å². The molecule has 0 aliphatic heterocycles. The number of aryl methyl sites for hydroxylation is 2. The minimum Gasteiger partial charge on any atom is -0.354 e. The van der Waals surface area contributed by atoms with Crippen molar-refractivity contribution in [2.24, 2.45) is 0 Å². The molecular weight excluding hydrogens is 238 g/mol. The molecule has 0 unspecified atom stereocenters. The topological polar surface area (TPSA) is 46.9 Å². The number of pyridine rings is 1. The number of carbonyl (C=O) groups is 1. The average molecular weight is 257 g/mol. The van der Waals surface area contributed by atoms with Gasteiger partial charge in [-0.15, -0.1) is 0 Å². The summed E-state index contributed by atoms with van der Waals surface area (Å²) in [6.45, 7) is 5.02. The van der Waals surface area contributed by atoms with Crippen LogP contribution in [0, 0.1) is 13.8 Å². The van der Waals surface area contributed by atoms with E-state index < -0.39 is 0 Å². The zero-order valence-corrected chi connectivity index (χ0v) is 11.4. The van der Waals surface area contributed by atoms with Crippen molar-refractivity contribution < 1.29 is 4.79 Å². The fraction of sp³-hybridized carbons (Fsp3) is 0.333. The van der Waals surface area contributed by atoms with Gasteiger partial charge in [-0.1, -0.05) is 6.07 Å². The molecule has 0 aliphatic rings. The Hall–Kier alpha value is -2.10. The highest BCUT2D eigenvalue weighted by atomic mass is 16.1. The lowest BCUT2D eigenvalue weighted by Crippen LogP contribution is -2.30. The van der Waals surface area contributed by atoms with Crippen molar-refractivity contribution in [3.05, 3.63) is 53.6 Å². The van der Waals surface area contributed by atoms with Crippen LogP contribution in [0.3, 0.4) is 0 Å². The molecule has 2 aromatic heterocycles. The average Bonchev–Trinajstić information content (AvgIpc) is 2.72. The fourth-order valence-corrected chi connectivity index (χ4v) is 2.02. The Kier molecular flexibility index (Phi) is 4.34. The largest absolute Gasteiger partial charge is 0.354 e. The number of hydrogen-bond donors (Lipinski definition) is 1. The Bertz CT molecular complexity index is 526. The molecule has 0 atom stereocenters. The highest BCUT2D eigenvalue weighted by Crippen LogP contribution is 2.06. The van der Waals surface area contributed by atoms with Crippen LogP contribution in [0.2, 0.25) is 0 Å². The molecule has 0 radical (unpaired) electrons. The summed E-state index contributed by atoms with van der Waals surface area (Å²) in [4.78, 5) is 16.1. The van der Waals surface area contributed by atoms with Gasteiger partial charge in [0.1, 0.15) is 6.54 Å². The Morgan fingerprint density at radius 2 is 1.95 bits per heavy atom. The molecule has 0 saturated carbocycles. The molecule has 19 heavy (non-hydrogen) atoms. The minimum absolute atomic E-state index is 0.0401. The summed E-state index contributed by atoms with van der Waals surface area (Å²) in [6.07, 6.45) is 2.53. The molecule has 100 valence electrons. The SMILES string of the molecule is Cc1ccc(C)n1CC(=O)NCCc1ccccn1. The van der Waals surface area contributed by atoms with E-state index in [1.165, 1.54) is 0 Å². The van der Waals surface area contributed by atoms with Crippen LogP contribution >= 0.6 is 0 Å². The predicted molar refractivity (Wildman–Crippen MR) is 74.9 cm³/mol. The first-order valence-electron chi connectivity index (χ1n) is 6.46. The molecule has 0 aromatic carbocycles. The predicted octanol–water partition coefficient (Wildman–Crippen LogP) is 1.86. The van der Waals surface area contributed by atoms with Gasteiger partial charge in [-0.3, -0.25) is 9.78 Å². The Morgan fingerprint density at radius 3 is 2.58 bits per heavy atom. The zero-order chi connectivity index (χ0) is 13.7. The Balaban J connectivity index is 1.79. The summed E-state index contributed by atoms with van der Waals surface area (Å²) >= 11 is 0. The van der Waals surface area contributed by atoms with Gasteiger partial charge in [0.25, 0.3) is 0 Å². The van der Waals surface area contributed by atoms with Gasteiger partial charge in [0, 0.05) is 36.2 Å². The second-order valence-corrected chi connectivity index (χ2v) is 4.62. The number of carbonyl (C=O) groups excluding carboxylic acids is 1. The highest BCUT2D eigenvalue weighted by molar-refractivity contribution is 5.75. The fourth-order valence-electron chi connectivity index (χ4n) is 2.02. The number of nitrogens with zero attached hydrogens (tertiary/aromatic N) is 2. The van der Waals surface area contributed by atoms with Gasteiger partial charge in [-0.05, 0) is 38.1 Å². The van der Waals surface area contributed by atoms with E-state index in [-0.39, 0.29) is 5.91 Å². The van der Waals surface area contributed by atoms with Crippen molar-refractivity contribution >= 4 is 5.91 Å². The van der Waals surface area contributed by atoms with Crippen molar-refractivity contribution in [3.8, 4) is 0 Å². The minimum atomic E-state index is 0.0401. The Morgan fingerprint density at radius 1 is 1.21 bits per heavy atom. The lowest BCUT2D eigenvalue weighted by atomic mass is 10.3. The molecule has 2 rings (SSSR count). The number of aromatic nitrogens is 2. The maximum atomic E-state index is 11.9. The zero-order valence-electron chi connectivity index (χ0n) is 11.4. The second-order valence-electron chi connectivity index (χ2n) is 4.62. The van der Waals surface area contributed by atoms with Gasteiger partial charge in [-0.2, -0.15) is 0 Å². The van der Waals surface area contributed by atoms with Crippen molar-refractivity contribution in [2.75, 3.05) is 6.54 Å². The summed E-state index contributed by atoms with van der Waals surface area (Å²) in [6, 6.07) is 9.86. The smallest absolute Gasteiger partial charge is 0.239 e. The van der Waals surface area contributed by atoms with Crippen molar-refractivity contribution in [2.45, 2.75) is 26.8 Å². The molecule has 2 aromatic rings. The normalized spacial score (nSPS) is 10.4. The van der Waals surface area contributed by atoms with Gasteiger partial charge in [0.15, 0.2) is 0 Å². The third-order valence-corrected chi connectivity index (χ3v) is 3.15. The van der Waals surface area contributed by atoms with Crippen molar-refractivity contribution in [1.82, 2.24) is 14.9 Å². The molecule has 0 fully saturated rings. The molecule has 0 saturated heterocycles. The van der Waals surface area contributed by atoms with E-state index in [9.17, 15) is 4.79 Å². The molecule has 0 aliphatic carbocycles. The maximum Gasteiger partial charge on any atom is 0.239 e. The van der Waals surface area contributed by atoms with Crippen molar-refractivity contribution in [1.29, 1.82) is 0 Å². The quantitative estimate of drug-likeness (QED) is 0.888. The van der Waals surface area contributed by atoms with E-state index in [2.05, 4.69) is 10.3 Å². The lowest BCUT2D eigenvalue weighted by Gasteiger charge is -2.09. The van der Waals surface area contributed by atoms with E-state index in [1.807, 2.05) is 48.7 Å². The monoisotopic (exact) mass is 257 g/mol. The number of nitrogens with one attached hydrogen (secondary N) is 1. The molecular formula is C15H19N3O. The van der Waals surface area contributed by atoms with E-state index in [4.69, 9.17) is 0 Å². The van der Waals surface area contributed by atoms with Gasteiger partial charge in [0.2, 0.25) is 5.91 Å².